The summed E-state index contributed by atoms with van der Waals surface area (Å²) < 4.78 is 4.99. The number of hydrogen-bond donors (Lipinski definition) is 1. The number of benzene rings is 1. The SMILES string of the molecule is COc1ccc(C(=O)N2CCN(C(C)=O)CC2)c(O)c1. The molecule has 1 aliphatic rings. The van der Waals surface area contributed by atoms with Crippen LogP contribution in [0.3, 0.4) is 0 Å². The molecule has 0 spiro atoms. The molecule has 1 aromatic rings. The van der Waals surface area contributed by atoms with E-state index in [1.807, 2.05) is 0 Å². The van der Waals surface area contributed by atoms with Crippen molar-refractivity contribution in [1.29, 1.82) is 0 Å². The summed E-state index contributed by atoms with van der Waals surface area (Å²) >= 11 is 0. The molecule has 0 atom stereocenters. The maximum Gasteiger partial charge on any atom is 0.257 e. The number of carbonyl (C=O) groups excluding carboxylic acids is 2. The Morgan fingerprint density at radius 3 is 2.25 bits per heavy atom. The molecule has 0 bridgehead atoms. The summed E-state index contributed by atoms with van der Waals surface area (Å²) in [5.74, 6) is 0.196. The van der Waals surface area contributed by atoms with Gasteiger partial charge in [-0.1, -0.05) is 0 Å². The van der Waals surface area contributed by atoms with Crippen molar-refractivity contribution in [3.8, 4) is 11.5 Å². The highest BCUT2D eigenvalue weighted by atomic mass is 16.5. The lowest BCUT2D eigenvalue weighted by Gasteiger charge is -2.34. The Bertz CT molecular complexity index is 522. The number of ether oxygens (including phenoxy) is 1. The molecule has 0 unspecified atom stereocenters. The van der Waals surface area contributed by atoms with Crippen molar-refractivity contribution in [2.45, 2.75) is 6.92 Å². The smallest absolute Gasteiger partial charge is 0.257 e. The predicted octanol–water partition coefficient (Wildman–Crippen LogP) is 0.705. The average Bonchev–Trinajstić information content (AvgIpc) is 2.46. The molecule has 1 aliphatic heterocycles. The first kappa shape index (κ1) is 14.2. The summed E-state index contributed by atoms with van der Waals surface area (Å²) in [6.45, 7) is 3.52. The predicted molar refractivity (Wildman–Crippen MR) is 72.8 cm³/mol. The minimum Gasteiger partial charge on any atom is -0.507 e. The number of rotatable bonds is 2. The van der Waals surface area contributed by atoms with Crippen molar-refractivity contribution in [2.75, 3.05) is 33.3 Å². The molecule has 6 heteroatoms. The number of aromatic hydroxyl groups is 1. The number of carbonyl (C=O) groups is 2. The van der Waals surface area contributed by atoms with Gasteiger partial charge in [-0.2, -0.15) is 0 Å². The van der Waals surface area contributed by atoms with Gasteiger partial charge < -0.3 is 19.6 Å². The lowest BCUT2D eigenvalue weighted by atomic mass is 10.1. The van der Waals surface area contributed by atoms with Gasteiger partial charge in [-0.25, -0.2) is 0 Å². The third-order valence-corrected chi connectivity index (χ3v) is 3.45. The fourth-order valence-corrected chi connectivity index (χ4v) is 2.21. The fourth-order valence-electron chi connectivity index (χ4n) is 2.21. The minimum atomic E-state index is -0.228. The van der Waals surface area contributed by atoms with Crippen LogP contribution in [0, 0.1) is 0 Å². The first-order valence-electron chi connectivity index (χ1n) is 6.44. The third-order valence-electron chi connectivity index (χ3n) is 3.45. The molecule has 1 saturated heterocycles. The molecule has 0 aromatic heterocycles. The summed E-state index contributed by atoms with van der Waals surface area (Å²) in [7, 11) is 1.50. The number of hydrogen-bond acceptors (Lipinski definition) is 4. The van der Waals surface area contributed by atoms with Crippen molar-refractivity contribution in [3.05, 3.63) is 23.8 Å². The van der Waals surface area contributed by atoms with Crippen molar-refractivity contribution < 1.29 is 19.4 Å². The number of phenolic OH excluding ortho intramolecular Hbond substituents is 1. The summed E-state index contributed by atoms with van der Waals surface area (Å²) in [5, 5.41) is 9.87. The molecule has 0 saturated carbocycles. The normalized spacial score (nSPS) is 15.1. The van der Waals surface area contributed by atoms with Gasteiger partial charge in [-0.15, -0.1) is 0 Å². The van der Waals surface area contributed by atoms with Crippen LogP contribution in [-0.2, 0) is 4.79 Å². The van der Waals surface area contributed by atoms with E-state index in [0.29, 0.717) is 31.9 Å². The van der Waals surface area contributed by atoms with Gasteiger partial charge in [-0.3, -0.25) is 9.59 Å². The van der Waals surface area contributed by atoms with E-state index in [0.717, 1.165) is 0 Å². The van der Waals surface area contributed by atoms with Crippen LogP contribution in [0.2, 0.25) is 0 Å². The highest BCUT2D eigenvalue weighted by molar-refractivity contribution is 5.97. The van der Waals surface area contributed by atoms with Gasteiger partial charge in [0.2, 0.25) is 5.91 Å². The maximum absolute atomic E-state index is 12.3. The van der Waals surface area contributed by atoms with E-state index in [1.165, 1.54) is 20.1 Å². The van der Waals surface area contributed by atoms with Crippen LogP contribution in [0.15, 0.2) is 18.2 Å². The van der Waals surface area contributed by atoms with E-state index in [9.17, 15) is 14.7 Å². The van der Waals surface area contributed by atoms with Gasteiger partial charge in [-0.05, 0) is 12.1 Å². The summed E-state index contributed by atoms with van der Waals surface area (Å²) in [6, 6.07) is 4.60. The molecule has 6 nitrogen and oxygen atoms in total. The van der Waals surface area contributed by atoms with Crippen molar-refractivity contribution in [1.82, 2.24) is 9.80 Å². The lowest BCUT2D eigenvalue weighted by molar-refractivity contribution is -0.130. The Morgan fingerprint density at radius 2 is 1.75 bits per heavy atom. The average molecular weight is 278 g/mol. The van der Waals surface area contributed by atoms with Crippen LogP contribution < -0.4 is 4.74 Å². The zero-order chi connectivity index (χ0) is 14.7. The number of nitrogens with zero attached hydrogens (tertiary/aromatic N) is 2. The van der Waals surface area contributed by atoms with Crippen molar-refractivity contribution >= 4 is 11.8 Å². The van der Waals surface area contributed by atoms with E-state index >= 15 is 0 Å². The second-order valence-electron chi connectivity index (χ2n) is 4.68. The van der Waals surface area contributed by atoms with Crippen molar-refractivity contribution in [3.63, 3.8) is 0 Å². The highest BCUT2D eigenvalue weighted by Gasteiger charge is 2.24. The summed E-state index contributed by atoms with van der Waals surface area (Å²) in [4.78, 5) is 26.9. The molecular weight excluding hydrogens is 260 g/mol. The number of piperazine rings is 1. The Hall–Kier alpha value is -2.24. The topological polar surface area (TPSA) is 70.1 Å². The largest absolute Gasteiger partial charge is 0.507 e. The summed E-state index contributed by atoms with van der Waals surface area (Å²) in [6.07, 6.45) is 0. The molecule has 2 amide bonds. The summed E-state index contributed by atoms with van der Waals surface area (Å²) in [5.41, 5.74) is 0.252. The molecule has 1 N–H and O–H groups in total. The first-order chi connectivity index (χ1) is 9.52. The Labute approximate surface area is 117 Å². The van der Waals surface area contributed by atoms with E-state index in [4.69, 9.17) is 4.74 Å². The molecular formula is C14H18N2O4. The Morgan fingerprint density at radius 1 is 1.15 bits per heavy atom. The second-order valence-corrected chi connectivity index (χ2v) is 4.68. The third kappa shape index (κ3) is 2.84. The minimum absolute atomic E-state index is 0.0180. The molecule has 1 fully saturated rings. The van der Waals surface area contributed by atoms with Gasteiger partial charge >= 0.3 is 0 Å². The molecule has 1 aromatic carbocycles. The van der Waals surface area contributed by atoms with Crippen LogP contribution in [-0.4, -0.2) is 60.0 Å². The number of phenols is 1. The van der Waals surface area contributed by atoms with Gasteiger partial charge in [0, 0.05) is 39.2 Å². The van der Waals surface area contributed by atoms with E-state index < -0.39 is 0 Å². The fraction of sp³-hybridized carbons (Fsp3) is 0.429. The number of amides is 2. The quantitative estimate of drug-likeness (QED) is 0.864. The molecule has 20 heavy (non-hydrogen) atoms. The number of methoxy groups -OCH3 is 1. The highest BCUT2D eigenvalue weighted by Crippen LogP contribution is 2.24. The molecule has 108 valence electrons. The van der Waals surface area contributed by atoms with E-state index in [-0.39, 0.29) is 23.1 Å². The van der Waals surface area contributed by atoms with Crippen LogP contribution in [0.5, 0.6) is 11.5 Å². The van der Waals surface area contributed by atoms with Gasteiger partial charge in [0.15, 0.2) is 0 Å². The Balaban J connectivity index is 2.07. The second kappa shape index (κ2) is 5.81. The van der Waals surface area contributed by atoms with Gasteiger partial charge in [0.1, 0.15) is 11.5 Å². The zero-order valence-corrected chi connectivity index (χ0v) is 11.6. The lowest BCUT2D eigenvalue weighted by Crippen LogP contribution is -2.50. The van der Waals surface area contributed by atoms with Gasteiger partial charge in [0.05, 0.1) is 12.7 Å². The van der Waals surface area contributed by atoms with Gasteiger partial charge in [0.25, 0.3) is 5.91 Å². The monoisotopic (exact) mass is 278 g/mol. The molecule has 0 radical (unpaired) electrons. The van der Waals surface area contributed by atoms with E-state index in [1.54, 1.807) is 21.9 Å². The Kier molecular flexibility index (Phi) is 4.12. The molecule has 1 heterocycles. The van der Waals surface area contributed by atoms with Crippen LogP contribution in [0.1, 0.15) is 17.3 Å². The van der Waals surface area contributed by atoms with Crippen LogP contribution in [0.25, 0.3) is 0 Å². The maximum atomic E-state index is 12.3. The van der Waals surface area contributed by atoms with Crippen LogP contribution >= 0.6 is 0 Å². The molecule has 2 rings (SSSR count). The zero-order valence-electron chi connectivity index (χ0n) is 11.6. The van der Waals surface area contributed by atoms with E-state index in [2.05, 4.69) is 0 Å². The standard InChI is InChI=1S/C14H18N2O4/c1-10(17)15-5-7-16(8-6-15)14(19)12-4-3-11(20-2)9-13(12)18/h3-4,9,18H,5-8H2,1-2H3. The first-order valence-corrected chi connectivity index (χ1v) is 6.44. The van der Waals surface area contributed by atoms with Crippen molar-refractivity contribution in [2.24, 2.45) is 0 Å². The van der Waals surface area contributed by atoms with Crippen LogP contribution in [0.4, 0.5) is 0 Å². The molecule has 0 aliphatic carbocycles.